The number of aromatic nitrogens is 4. The van der Waals surface area contributed by atoms with Crippen molar-refractivity contribution in [3.05, 3.63) is 34.6 Å². The van der Waals surface area contributed by atoms with E-state index in [0.717, 1.165) is 0 Å². The first-order valence-electron chi connectivity index (χ1n) is 7.61. The van der Waals surface area contributed by atoms with E-state index in [1.54, 1.807) is 22.8 Å². The van der Waals surface area contributed by atoms with Gasteiger partial charge in [-0.1, -0.05) is 35.0 Å². The Morgan fingerprint density at radius 3 is 2.70 bits per heavy atom. The number of halogens is 5. The molecule has 0 aliphatic rings. The van der Waals surface area contributed by atoms with E-state index in [0.29, 0.717) is 31.3 Å². The molecule has 27 heavy (non-hydrogen) atoms. The molecule has 0 aliphatic carbocycles. The summed E-state index contributed by atoms with van der Waals surface area (Å²) in [6.45, 7) is -0.810. The molecule has 0 fully saturated rings. The van der Waals surface area contributed by atoms with Crippen LogP contribution >= 0.6 is 35.0 Å². The van der Waals surface area contributed by atoms with Gasteiger partial charge >= 0.3 is 6.18 Å². The van der Waals surface area contributed by atoms with Crippen molar-refractivity contribution >= 4 is 51.9 Å². The fraction of sp³-hybridized carbons (Fsp3) is 0.267. The summed E-state index contributed by atoms with van der Waals surface area (Å²) in [4.78, 5) is 13.2. The van der Waals surface area contributed by atoms with Gasteiger partial charge in [-0.15, -0.1) is 0 Å². The molecule has 0 spiro atoms. The van der Waals surface area contributed by atoms with E-state index in [-0.39, 0.29) is 18.9 Å². The monoisotopic (exact) mass is 436 g/mol. The molecule has 0 saturated carbocycles. The van der Waals surface area contributed by atoms with Crippen LogP contribution in [0.2, 0.25) is 10.0 Å². The number of nitrogens with zero attached hydrogens (tertiary/aromatic N) is 4. The molecule has 12 heteroatoms. The van der Waals surface area contributed by atoms with Crippen molar-refractivity contribution in [2.24, 2.45) is 0 Å². The Morgan fingerprint density at radius 1 is 1.22 bits per heavy atom. The van der Waals surface area contributed by atoms with Crippen LogP contribution in [0.15, 0.2) is 34.6 Å². The zero-order valence-corrected chi connectivity index (χ0v) is 15.9. The normalized spacial score (nSPS) is 12.0. The predicted molar refractivity (Wildman–Crippen MR) is 99.2 cm³/mol. The molecule has 6 nitrogen and oxygen atoms in total. The third kappa shape index (κ3) is 4.95. The molecule has 0 bridgehead atoms. The van der Waals surface area contributed by atoms with Gasteiger partial charge in [0.2, 0.25) is 0 Å². The molecule has 144 valence electrons. The lowest BCUT2D eigenvalue weighted by Crippen LogP contribution is -2.31. The molecule has 0 saturated heterocycles. The van der Waals surface area contributed by atoms with Crippen LogP contribution in [-0.2, 0) is 6.54 Å². The number of anilines is 1. The molecule has 1 aromatic carbocycles. The summed E-state index contributed by atoms with van der Waals surface area (Å²) in [6, 6.07) is 5.01. The highest BCUT2D eigenvalue weighted by atomic mass is 35.5. The van der Waals surface area contributed by atoms with E-state index < -0.39 is 12.7 Å². The molecule has 0 amide bonds. The summed E-state index contributed by atoms with van der Waals surface area (Å²) in [7, 11) is 0. The fourth-order valence-electron chi connectivity index (χ4n) is 2.29. The lowest BCUT2D eigenvalue weighted by atomic mass is 10.4. The SMILES string of the molecule is Nc1ncnc2c1nc(Sc1ccc(Cl)cc1Cl)n2CCNCC(F)(F)F. The highest BCUT2D eigenvalue weighted by molar-refractivity contribution is 7.99. The molecule has 2 aromatic heterocycles. The summed E-state index contributed by atoms with van der Waals surface area (Å²) >= 11 is 13.3. The van der Waals surface area contributed by atoms with E-state index in [1.165, 1.54) is 18.1 Å². The van der Waals surface area contributed by atoms with Gasteiger partial charge in [0.15, 0.2) is 22.1 Å². The van der Waals surface area contributed by atoms with Gasteiger partial charge in [-0.2, -0.15) is 13.2 Å². The summed E-state index contributed by atoms with van der Waals surface area (Å²) in [5.74, 6) is 0.186. The minimum Gasteiger partial charge on any atom is -0.382 e. The summed E-state index contributed by atoms with van der Waals surface area (Å²) in [5.41, 5.74) is 6.66. The number of fused-ring (bicyclic) bond motifs is 1. The molecule has 3 N–H and O–H groups in total. The largest absolute Gasteiger partial charge is 0.401 e. The maximum absolute atomic E-state index is 12.3. The van der Waals surface area contributed by atoms with Gasteiger partial charge in [0.25, 0.3) is 0 Å². The smallest absolute Gasteiger partial charge is 0.382 e. The third-order valence-electron chi connectivity index (χ3n) is 3.46. The van der Waals surface area contributed by atoms with Crippen LogP contribution in [0, 0.1) is 0 Å². The first-order valence-corrected chi connectivity index (χ1v) is 9.19. The van der Waals surface area contributed by atoms with Gasteiger partial charge in [0.1, 0.15) is 6.33 Å². The molecule has 0 atom stereocenters. The Kier molecular flexibility index (Phi) is 5.99. The first kappa shape index (κ1) is 20.0. The lowest BCUT2D eigenvalue weighted by molar-refractivity contribution is -0.124. The first-order chi connectivity index (χ1) is 12.7. The fourth-order valence-corrected chi connectivity index (χ4v) is 3.73. The Bertz CT molecular complexity index is 963. The maximum atomic E-state index is 12.3. The molecule has 3 aromatic rings. The minimum atomic E-state index is -4.28. The highest BCUT2D eigenvalue weighted by Gasteiger charge is 2.26. The van der Waals surface area contributed by atoms with E-state index in [4.69, 9.17) is 28.9 Å². The predicted octanol–water partition coefficient (Wildman–Crippen LogP) is 4.02. The van der Waals surface area contributed by atoms with Crippen molar-refractivity contribution in [1.29, 1.82) is 0 Å². The van der Waals surface area contributed by atoms with E-state index >= 15 is 0 Å². The van der Waals surface area contributed by atoms with Crippen molar-refractivity contribution < 1.29 is 13.2 Å². The Labute approximate surface area is 166 Å². The van der Waals surface area contributed by atoms with Crippen molar-refractivity contribution in [2.45, 2.75) is 22.8 Å². The van der Waals surface area contributed by atoms with Crippen molar-refractivity contribution in [1.82, 2.24) is 24.8 Å². The molecule has 3 rings (SSSR count). The quantitative estimate of drug-likeness (QED) is 0.567. The third-order valence-corrected chi connectivity index (χ3v) is 5.19. The van der Waals surface area contributed by atoms with Crippen LogP contribution in [0.3, 0.4) is 0 Å². The standard InChI is InChI=1S/C15H13Cl2F3N6S/c16-8-1-2-10(9(17)5-8)27-14-25-11-12(21)23-7-24-13(11)26(14)4-3-22-6-15(18,19)20/h1-2,5,7,22H,3-4,6H2,(H2,21,23,24). The number of nitrogen functional groups attached to an aromatic ring is 1. The van der Waals surface area contributed by atoms with Crippen molar-refractivity contribution in [3.8, 4) is 0 Å². The summed E-state index contributed by atoms with van der Waals surface area (Å²) < 4.78 is 38.6. The molecule has 2 heterocycles. The van der Waals surface area contributed by atoms with Gasteiger partial charge in [-0.25, -0.2) is 15.0 Å². The second-order valence-electron chi connectivity index (χ2n) is 5.45. The number of nitrogens with two attached hydrogens (primary N) is 1. The minimum absolute atomic E-state index is 0.0663. The van der Waals surface area contributed by atoms with Crippen LogP contribution in [0.5, 0.6) is 0 Å². The zero-order chi connectivity index (χ0) is 19.6. The van der Waals surface area contributed by atoms with Crippen molar-refractivity contribution in [3.63, 3.8) is 0 Å². The molecular weight excluding hydrogens is 424 g/mol. The second kappa shape index (κ2) is 8.09. The number of hydrogen-bond acceptors (Lipinski definition) is 6. The van der Waals surface area contributed by atoms with Crippen LogP contribution in [0.4, 0.5) is 19.0 Å². The molecule has 0 unspecified atom stereocenters. The number of hydrogen-bond donors (Lipinski definition) is 2. The molecular formula is C15H13Cl2F3N6S. The van der Waals surface area contributed by atoms with Crippen LogP contribution < -0.4 is 11.1 Å². The van der Waals surface area contributed by atoms with Crippen LogP contribution in [0.1, 0.15) is 0 Å². The molecule has 0 aliphatic heterocycles. The highest BCUT2D eigenvalue weighted by Crippen LogP contribution is 2.36. The average Bonchev–Trinajstić information content (AvgIpc) is 2.92. The Morgan fingerprint density at radius 2 is 2.00 bits per heavy atom. The van der Waals surface area contributed by atoms with Gasteiger partial charge in [-0.3, -0.25) is 0 Å². The van der Waals surface area contributed by atoms with Gasteiger partial charge in [0, 0.05) is 23.0 Å². The Balaban J connectivity index is 1.90. The number of nitrogens with one attached hydrogen (secondary N) is 1. The van der Waals surface area contributed by atoms with Crippen molar-refractivity contribution in [2.75, 3.05) is 18.8 Å². The number of imidazole rings is 1. The topological polar surface area (TPSA) is 81.7 Å². The molecule has 0 radical (unpaired) electrons. The van der Waals surface area contributed by atoms with Gasteiger partial charge < -0.3 is 15.6 Å². The Hall–Kier alpha value is -1.75. The second-order valence-corrected chi connectivity index (χ2v) is 7.30. The van der Waals surface area contributed by atoms with Crippen LogP contribution in [-0.4, -0.2) is 38.8 Å². The number of alkyl halides is 3. The lowest BCUT2D eigenvalue weighted by Gasteiger charge is -2.11. The van der Waals surface area contributed by atoms with Gasteiger partial charge in [-0.05, 0) is 18.2 Å². The van der Waals surface area contributed by atoms with E-state index in [2.05, 4.69) is 20.3 Å². The van der Waals surface area contributed by atoms with Gasteiger partial charge in [0.05, 0.1) is 11.6 Å². The summed E-state index contributed by atoms with van der Waals surface area (Å²) in [5, 5.41) is 3.75. The number of rotatable bonds is 6. The van der Waals surface area contributed by atoms with E-state index in [9.17, 15) is 13.2 Å². The summed E-state index contributed by atoms with van der Waals surface area (Å²) in [6.07, 6.45) is -3.00. The van der Waals surface area contributed by atoms with Crippen LogP contribution in [0.25, 0.3) is 11.2 Å². The maximum Gasteiger partial charge on any atom is 0.401 e. The zero-order valence-electron chi connectivity index (χ0n) is 13.6. The van der Waals surface area contributed by atoms with E-state index in [1.807, 2.05) is 0 Å². The average molecular weight is 437 g/mol. The number of benzene rings is 1.